The maximum Gasteiger partial charge on any atom is 0.254 e. The van der Waals surface area contributed by atoms with Crippen molar-refractivity contribution in [3.05, 3.63) is 99.5 Å². The van der Waals surface area contributed by atoms with E-state index in [-0.39, 0.29) is 11.8 Å². The van der Waals surface area contributed by atoms with Gasteiger partial charge in [0, 0.05) is 47.9 Å². The van der Waals surface area contributed by atoms with E-state index in [9.17, 15) is 9.59 Å². The Morgan fingerprint density at radius 2 is 1.76 bits per heavy atom. The number of benzene rings is 3. The molecule has 4 rings (SSSR count). The summed E-state index contributed by atoms with van der Waals surface area (Å²) in [5, 5.41) is 9.21. The van der Waals surface area contributed by atoms with E-state index in [1.165, 1.54) is 11.3 Å². The molecule has 8 nitrogen and oxygen atoms in total. The molecule has 9 heteroatoms. The van der Waals surface area contributed by atoms with Crippen LogP contribution in [0.2, 0.25) is 0 Å². The third kappa shape index (κ3) is 8.15. The molecule has 0 saturated heterocycles. The van der Waals surface area contributed by atoms with Crippen LogP contribution in [0.25, 0.3) is 11.1 Å². The summed E-state index contributed by atoms with van der Waals surface area (Å²) in [6.07, 6.45) is 0.754. The van der Waals surface area contributed by atoms with E-state index in [1.807, 2.05) is 66.9 Å². The van der Waals surface area contributed by atoms with Gasteiger partial charge >= 0.3 is 0 Å². The zero-order valence-corrected chi connectivity index (χ0v) is 24.7. The van der Waals surface area contributed by atoms with Crippen LogP contribution in [0.4, 0.5) is 0 Å². The zero-order valence-electron chi connectivity index (χ0n) is 23.9. The van der Waals surface area contributed by atoms with Crippen LogP contribution >= 0.6 is 11.3 Å². The minimum absolute atomic E-state index is 0.189. The van der Waals surface area contributed by atoms with Gasteiger partial charge in [-0.15, -0.1) is 11.3 Å². The van der Waals surface area contributed by atoms with E-state index in [0.29, 0.717) is 36.5 Å². The van der Waals surface area contributed by atoms with Gasteiger partial charge in [0.2, 0.25) is 0 Å². The average Bonchev–Trinajstić information content (AvgIpc) is 3.42. The number of para-hydroxylation sites is 1. The second-order valence-electron chi connectivity index (χ2n) is 9.68. The molecule has 0 aliphatic rings. The number of rotatable bonds is 13. The lowest BCUT2D eigenvalue weighted by molar-refractivity contribution is 0.0785. The number of carbonyl (C=O) groups excluding carboxylic acids is 2. The molecule has 1 aromatic heterocycles. The second-order valence-corrected chi connectivity index (χ2v) is 10.6. The third-order valence-electron chi connectivity index (χ3n) is 6.52. The van der Waals surface area contributed by atoms with E-state index >= 15 is 0 Å². The van der Waals surface area contributed by atoms with Crippen molar-refractivity contribution >= 4 is 23.2 Å². The molecule has 4 aromatic rings. The molecule has 0 aliphatic heterocycles. The highest BCUT2D eigenvalue weighted by Gasteiger charge is 2.19. The van der Waals surface area contributed by atoms with Crippen molar-refractivity contribution in [2.45, 2.75) is 26.4 Å². The minimum Gasteiger partial charge on any atom is -0.497 e. The van der Waals surface area contributed by atoms with Gasteiger partial charge in [0.15, 0.2) is 0 Å². The zero-order chi connectivity index (χ0) is 29.2. The fourth-order valence-corrected chi connectivity index (χ4v) is 5.25. The van der Waals surface area contributed by atoms with Crippen molar-refractivity contribution < 1.29 is 19.1 Å². The molecule has 0 atom stereocenters. The Labute approximate surface area is 245 Å². The highest BCUT2D eigenvalue weighted by Crippen LogP contribution is 2.31. The molecule has 0 spiro atoms. The van der Waals surface area contributed by atoms with Crippen LogP contribution in [-0.2, 0) is 13.1 Å². The summed E-state index contributed by atoms with van der Waals surface area (Å²) in [7, 11) is 5.00. The standard InChI is InChI=1S/C32H36N4O4S/c1-22-21-41-30(35-22)20-36(2)32(38)26-17-24(28-11-5-6-12-29(28)40-4)16-25(18-26)31(37)34-14-8-13-33-19-23-9-7-10-27(15-23)39-3/h5-7,9-12,15-18,21,33H,8,13-14,19-20H2,1-4H3,(H,34,37). The first-order valence-electron chi connectivity index (χ1n) is 13.4. The van der Waals surface area contributed by atoms with E-state index in [1.54, 1.807) is 38.3 Å². The van der Waals surface area contributed by atoms with Crippen LogP contribution in [0.1, 0.15) is 43.4 Å². The third-order valence-corrected chi connectivity index (χ3v) is 7.48. The van der Waals surface area contributed by atoms with Crippen LogP contribution in [0, 0.1) is 6.92 Å². The van der Waals surface area contributed by atoms with Crippen LogP contribution in [0.15, 0.2) is 72.1 Å². The molecular weight excluding hydrogens is 536 g/mol. The number of hydrogen-bond donors (Lipinski definition) is 2. The Morgan fingerprint density at radius 1 is 0.951 bits per heavy atom. The molecule has 1 heterocycles. The van der Waals surface area contributed by atoms with Gasteiger partial charge in [0.05, 0.1) is 20.8 Å². The fraction of sp³-hybridized carbons (Fsp3) is 0.281. The van der Waals surface area contributed by atoms with Gasteiger partial charge < -0.3 is 25.0 Å². The molecule has 0 radical (unpaired) electrons. The number of aryl methyl sites for hydroxylation is 1. The summed E-state index contributed by atoms with van der Waals surface area (Å²) in [6, 6.07) is 20.8. The van der Waals surface area contributed by atoms with Crippen molar-refractivity contribution in [3.8, 4) is 22.6 Å². The largest absolute Gasteiger partial charge is 0.497 e. The highest BCUT2D eigenvalue weighted by molar-refractivity contribution is 7.09. The van der Waals surface area contributed by atoms with Crippen LogP contribution < -0.4 is 20.1 Å². The number of nitrogens with zero attached hydrogens (tertiary/aromatic N) is 2. The second kappa shape index (κ2) is 14.4. The van der Waals surface area contributed by atoms with Crippen molar-refractivity contribution in [2.24, 2.45) is 0 Å². The lowest BCUT2D eigenvalue weighted by Gasteiger charge is -2.18. The molecule has 3 aromatic carbocycles. The Balaban J connectivity index is 1.44. The first kappa shape index (κ1) is 29.8. The molecule has 0 aliphatic carbocycles. The van der Waals surface area contributed by atoms with Crippen LogP contribution in [-0.4, -0.2) is 56.1 Å². The van der Waals surface area contributed by atoms with Gasteiger partial charge in [0.1, 0.15) is 16.5 Å². The van der Waals surface area contributed by atoms with Gasteiger partial charge in [-0.25, -0.2) is 4.98 Å². The molecular formula is C32H36N4O4S. The van der Waals surface area contributed by atoms with Crippen molar-refractivity contribution in [1.82, 2.24) is 20.5 Å². The highest BCUT2D eigenvalue weighted by atomic mass is 32.1. The van der Waals surface area contributed by atoms with E-state index in [4.69, 9.17) is 9.47 Å². The van der Waals surface area contributed by atoms with Gasteiger partial charge in [-0.2, -0.15) is 0 Å². The van der Waals surface area contributed by atoms with Gasteiger partial charge in [-0.3, -0.25) is 9.59 Å². The lowest BCUT2D eigenvalue weighted by atomic mass is 9.98. The molecule has 2 amide bonds. The maximum atomic E-state index is 13.5. The van der Waals surface area contributed by atoms with Crippen LogP contribution in [0.5, 0.6) is 11.5 Å². The summed E-state index contributed by atoms with van der Waals surface area (Å²) < 4.78 is 10.8. The first-order valence-corrected chi connectivity index (χ1v) is 14.3. The quantitative estimate of drug-likeness (QED) is 0.211. The number of amides is 2. The summed E-state index contributed by atoms with van der Waals surface area (Å²) in [5.74, 6) is 1.07. The summed E-state index contributed by atoms with van der Waals surface area (Å²) in [4.78, 5) is 32.8. The smallest absolute Gasteiger partial charge is 0.254 e. The molecule has 0 unspecified atom stereocenters. The number of hydrogen-bond acceptors (Lipinski definition) is 7. The van der Waals surface area contributed by atoms with Crippen molar-refractivity contribution in [3.63, 3.8) is 0 Å². The minimum atomic E-state index is -0.234. The average molecular weight is 573 g/mol. The first-order chi connectivity index (χ1) is 19.9. The number of carbonyl (C=O) groups is 2. The lowest BCUT2D eigenvalue weighted by Crippen LogP contribution is -2.29. The number of methoxy groups -OCH3 is 2. The van der Waals surface area contributed by atoms with E-state index in [0.717, 1.165) is 46.1 Å². The normalized spacial score (nSPS) is 10.7. The summed E-state index contributed by atoms with van der Waals surface area (Å²) in [5.41, 5.74) is 4.44. The van der Waals surface area contributed by atoms with Crippen molar-refractivity contribution in [2.75, 3.05) is 34.4 Å². The monoisotopic (exact) mass is 572 g/mol. The van der Waals surface area contributed by atoms with E-state index in [2.05, 4.69) is 15.6 Å². The van der Waals surface area contributed by atoms with Gasteiger partial charge in [-0.1, -0.05) is 30.3 Å². The number of nitrogens with one attached hydrogen (secondary N) is 2. The fourth-order valence-electron chi connectivity index (χ4n) is 4.42. The summed E-state index contributed by atoms with van der Waals surface area (Å²) >= 11 is 1.52. The van der Waals surface area contributed by atoms with Gasteiger partial charge in [-0.05, 0) is 67.4 Å². The Morgan fingerprint density at radius 3 is 2.51 bits per heavy atom. The molecule has 2 N–H and O–H groups in total. The van der Waals surface area contributed by atoms with E-state index < -0.39 is 0 Å². The SMILES string of the molecule is COc1cccc(CNCCCNC(=O)c2cc(C(=O)N(C)Cc3nc(C)cs3)cc(-c3ccccc3OC)c2)c1. The van der Waals surface area contributed by atoms with Crippen LogP contribution in [0.3, 0.4) is 0 Å². The number of ether oxygens (including phenoxy) is 2. The summed E-state index contributed by atoms with van der Waals surface area (Å²) in [6.45, 7) is 4.27. The molecule has 0 saturated carbocycles. The molecule has 0 bridgehead atoms. The van der Waals surface area contributed by atoms with Crippen molar-refractivity contribution in [1.29, 1.82) is 0 Å². The molecule has 41 heavy (non-hydrogen) atoms. The molecule has 0 fully saturated rings. The topological polar surface area (TPSA) is 92.8 Å². The number of aromatic nitrogens is 1. The predicted octanol–water partition coefficient (Wildman–Crippen LogP) is 5.32. The Bertz CT molecular complexity index is 1490. The Kier molecular flexibility index (Phi) is 10.5. The number of thiazole rings is 1. The predicted molar refractivity (Wildman–Crippen MR) is 163 cm³/mol. The van der Waals surface area contributed by atoms with Gasteiger partial charge in [0.25, 0.3) is 11.8 Å². The maximum absolute atomic E-state index is 13.5. The molecule has 214 valence electrons. The Hall–Kier alpha value is -4.21.